The molecule has 0 radical (unpaired) electrons. The average molecular weight is 149 g/mol. The molecule has 0 amide bonds. The monoisotopic (exact) mass is 148 g/mol. The average Bonchev–Trinajstić information content (AvgIpc) is 2.07. The molecule has 1 saturated carbocycles. The van der Waals surface area contributed by atoms with E-state index in [2.05, 4.69) is 0 Å². The predicted molar refractivity (Wildman–Crippen MR) is 34.5 cm³/mol. The van der Waals surface area contributed by atoms with Crippen LogP contribution in [0.25, 0.3) is 0 Å². The molecule has 3 heteroatoms. The Balaban J connectivity index is 2.62. The van der Waals surface area contributed by atoms with E-state index in [0.717, 1.165) is 0 Å². The largest absolute Gasteiger partial charge is 0.481 e. The quantitative estimate of drug-likeness (QED) is 0.570. The van der Waals surface area contributed by atoms with Crippen molar-refractivity contribution >= 4 is 17.6 Å². The van der Waals surface area contributed by atoms with Gasteiger partial charge in [0.2, 0.25) is 0 Å². The zero-order chi connectivity index (χ0) is 7.23. The number of hydrogen-bond acceptors (Lipinski definition) is 1. The lowest BCUT2D eigenvalue weighted by Crippen LogP contribution is -2.03. The second kappa shape index (κ2) is 1.63. The third kappa shape index (κ3) is 0.816. The van der Waals surface area contributed by atoms with E-state index in [4.69, 9.17) is 16.7 Å². The molecule has 1 fully saturated rings. The summed E-state index contributed by atoms with van der Waals surface area (Å²) in [5.74, 6) is -1.11. The van der Waals surface area contributed by atoms with Crippen LogP contribution in [0.2, 0.25) is 0 Å². The van der Waals surface area contributed by atoms with Gasteiger partial charge in [-0.1, -0.05) is 13.8 Å². The molecule has 2 unspecified atom stereocenters. The summed E-state index contributed by atoms with van der Waals surface area (Å²) in [6.07, 6.45) is 0. The van der Waals surface area contributed by atoms with Crippen LogP contribution in [-0.4, -0.2) is 16.5 Å². The summed E-state index contributed by atoms with van der Waals surface area (Å²) in [6, 6.07) is 0. The summed E-state index contributed by atoms with van der Waals surface area (Å²) >= 11 is 5.66. The molecule has 1 N–H and O–H groups in total. The lowest BCUT2D eigenvalue weighted by atomic mass is 10.1. The Hall–Kier alpha value is -0.240. The summed E-state index contributed by atoms with van der Waals surface area (Å²) in [5.41, 5.74) is -0.187. The van der Waals surface area contributed by atoms with Gasteiger partial charge >= 0.3 is 5.97 Å². The van der Waals surface area contributed by atoms with Gasteiger partial charge in [0.05, 0.1) is 11.3 Å². The van der Waals surface area contributed by atoms with Crippen molar-refractivity contribution in [2.24, 2.45) is 11.3 Å². The van der Waals surface area contributed by atoms with Crippen molar-refractivity contribution in [2.75, 3.05) is 0 Å². The minimum absolute atomic E-state index is 0.171. The summed E-state index contributed by atoms with van der Waals surface area (Å²) in [4.78, 5) is 10.3. The van der Waals surface area contributed by atoms with Crippen LogP contribution in [0.1, 0.15) is 13.8 Å². The molecule has 0 aromatic heterocycles. The van der Waals surface area contributed by atoms with Gasteiger partial charge in [-0.25, -0.2) is 0 Å². The molecule has 0 spiro atoms. The van der Waals surface area contributed by atoms with Gasteiger partial charge in [0.1, 0.15) is 0 Å². The van der Waals surface area contributed by atoms with E-state index >= 15 is 0 Å². The molecule has 1 rings (SSSR count). The van der Waals surface area contributed by atoms with Crippen LogP contribution in [0.4, 0.5) is 0 Å². The second-order valence-corrected chi connectivity index (χ2v) is 3.51. The van der Waals surface area contributed by atoms with Gasteiger partial charge in [0, 0.05) is 0 Å². The molecule has 1 aliphatic rings. The van der Waals surface area contributed by atoms with Crippen molar-refractivity contribution in [3.8, 4) is 0 Å². The molecule has 0 heterocycles. The van der Waals surface area contributed by atoms with Crippen LogP contribution in [-0.2, 0) is 4.79 Å². The Kier molecular flexibility index (Phi) is 1.24. The molecule has 52 valence electrons. The number of hydrogen-bond donors (Lipinski definition) is 1. The zero-order valence-corrected chi connectivity index (χ0v) is 6.14. The highest BCUT2D eigenvalue weighted by atomic mass is 35.5. The summed E-state index contributed by atoms with van der Waals surface area (Å²) in [7, 11) is 0. The van der Waals surface area contributed by atoms with E-state index in [-0.39, 0.29) is 16.7 Å². The SMILES string of the molecule is CC1(C)C(Cl)C1C(=O)O. The van der Waals surface area contributed by atoms with Gasteiger partial charge < -0.3 is 5.11 Å². The summed E-state index contributed by atoms with van der Waals surface area (Å²) in [6.45, 7) is 3.73. The Morgan fingerprint density at radius 2 is 2.00 bits per heavy atom. The van der Waals surface area contributed by atoms with Crippen molar-refractivity contribution in [3.05, 3.63) is 0 Å². The van der Waals surface area contributed by atoms with Crippen molar-refractivity contribution in [3.63, 3.8) is 0 Å². The first-order chi connectivity index (χ1) is 3.98. The van der Waals surface area contributed by atoms with E-state index in [1.165, 1.54) is 0 Å². The summed E-state index contributed by atoms with van der Waals surface area (Å²) in [5, 5.41) is 8.30. The lowest BCUT2D eigenvalue weighted by molar-refractivity contribution is -0.139. The van der Waals surface area contributed by atoms with Gasteiger partial charge in [0.15, 0.2) is 0 Å². The Labute approximate surface area is 58.8 Å². The van der Waals surface area contributed by atoms with Gasteiger partial charge in [0.25, 0.3) is 0 Å². The molecule has 2 nitrogen and oxygen atoms in total. The van der Waals surface area contributed by atoms with Gasteiger partial charge in [-0.15, -0.1) is 11.6 Å². The molecular weight excluding hydrogens is 140 g/mol. The first-order valence-electron chi connectivity index (χ1n) is 2.85. The number of carboxylic acids is 1. The molecule has 1 aliphatic carbocycles. The van der Waals surface area contributed by atoms with Crippen LogP contribution in [0.15, 0.2) is 0 Å². The molecule has 0 aromatic rings. The first kappa shape index (κ1) is 6.87. The number of carboxylic acid groups (broad SMARTS) is 1. The minimum Gasteiger partial charge on any atom is -0.481 e. The Morgan fingerprint density at radius 1 is 1.67 bits per heavy atom. The molecule has 0 saturated heterocycles. The van der Waals surface area contributed by atoms with Crippen LogP contribution in [0, 0.1) is 11.3 Å². The van der Waals surface area contributed by atoms with E-state index in [9.17, 15) is 4.79 Å². The standard InChI is InChI=1S/C6H9ClO2/c1-6(2)3(4(6)7)5(8)9/h3-4H,1-2H3,(H,8,9). The predicted octanol–water partition coefficient (Wildman–Crippen LogP) is 1.33. The Bertz CT molecular complexity index is 153. The van der Waals surface area contributed by atoms with Crippen LogP contribution < -0.4 is 0 Å². The number of alkyl halides is 1. The first-order valence-corrected chi connectivity index (χ1v) is 3.28. The fraction of sp³-hybridized carbons (Fsp3) is 0.833. The van der Waals surface area contributed by atoms with Crippen molar-refractivity contribution in [2.45, 2.75) is 19.2 Å². The third-order valence-electron chi connectivity index (χ3n) is 1.96. The van der Waals surface area contributed by atoms with Crippen molar-refractivity contribution < 1.29 is 9.90 Å². The second-order valence-electron chi connectivity index (χ2n) is 3.04. The van der Waals surface area contributed by atoms with E-state index in [1.54, 1.807) is 0 Å². The number of halogens is 1. The maximum atomic E-state index is 10.3. The van der Waals surface area contributed by atoms with E-state index in [1.807, 2.05) is 13.8 Å². The van der Waals surface area contributed by atoms with E-state index in [0.29, 0.717) is 0 Å². The third-order valence-corrected chi connectivity index (χ3v) is 2.78. The lowest BCUT2D eigenvalue weighted by Gasteiger charge is -1.94. The minimum atomic E-state index is -0.778. The van der Waals surface area contributed by atoms with E-state index < -0.39 is 5.97 Å². The maximum Gasteiger partial charge on any atom is 0.308 e. The normalized spacial score (nSPS) is 38.1. The fourth-order valence-electron chi connectivity index (χ4n) is 1.02. The van der Waals surface area contributed by atoms with Crippen LogP contribution >= 0.6 is 11.6 Å². The van der Waals surface area contributed by atoms with Crippen LogP contribution in [0.5, 0.6) is 0 Å². The number of rotatable bonds is 1. The fourth-order valence-corrected chi connectivity index (χ4v) is 1.51. The summed E-state index contributed by atoms with van der Waals surface area (Å²) < 4.78 is 0. The van der Waals surface area contributed by atoms with Crippen LogP contribution in [0.3, 0.4) is 0 Å². The molecule has 0 bridgehead atoms. The highest BCUT2D eigenvalue weighted by Gasteiger charge is 2.61. The molecule has 0 aromatic carbocycles. The highest BCUT2D eigenvalue weighted by molar-refractivity contribution is 6.25. The molecular formula is C6H9ClO2. The smallest absolute Gasteiger partial charge is 0.308 e. The van der Waals surface area contributed by atoms with Crippen molar-refractivity contribution in [1.29, 1.82) is 0 Å². The topological polar surface area (TPSA) is 37.3 Å². The number of aliphatic carboxylic acids is 1. The highest BCUT2D eigenvalue weighted by Crippen LogP contribution is 2.55. The van der Waals surface area contributed by atoms with Gasteiger partial charge in [-0.2, -0.15) is 0 Å². The molecule has 2 atom stereocenters. The molecule has 0 aliphatic heterocycles. The molecule has 9 heavy (non-hydrogen) atoms. The van der Waals surface area contributed by atoms with Crippen molar-refractivity contribution in [1.82, 2.24) is 0 Å². The zero-order valence-electron chi connectivity index (χ0n) is 5.39. The Morgan fingerprint density at radius 3 is 2.00 bits per heavy atom. The number of carbonyl (C=O) groups is 1. The maximum absolute atomic E-state index is 10.3. The van der Waals surface area contributed by atoms with Gasteiger partial charge in [-0.3, -0.25) is 4.79 Å². The van der Waals surface area contributed by atoms with Gasteiger partial charge in [-0.05, 0) is 5.41 Å².